The van der Waals surface area contributed by atoms with Crippen molar-refractivity contribution in [2.24, 2.45) is 5.41 Å². The van der Waals surface area contributed by atoms with Crippen molar-refractivity contribution < 1.29 is 0 Å². The predicted molar refractivity (Wildman–Crippen MR) is 54.5 cm³/mol. The quantitative estimate of drug-likeness (QED) is 0.731. The van der Waals surface area contributed by atoms with E-state index in [1.54, 1.807) is 0 Å². The molecule has 0 unspecified atom stereocenters. The summed E-state index contributed by atoms with van der Waals surface area (Å²) in [6.45, 7) is 7.50. The highest BCUT2D eigenvalue weighted by molar-refractivity contribution is 9.09. The van der Waals surface area contributed by atoms with Gasteiger partial charge in [0.15, 0.2) is 0 Å². The van der Waals surface area contributed by atoms with Crippen LogP contribution in [0.5, 0.6) is 0 Å². The first-order chi connectivity index (χ1) is 5.55. The van der Waals surface area contributed by atoms with E-state index >= 15 is 0 Å². The van der Waals surface area contributed by atoms with Crippen molar-refractivity contribution in [3.63, 3.8) is 0 Å². The molecule has 0 aliphatic carbocycles. The maximum absolute atomic E-state index is 4.24. The monoisotopic (exact) mass is 230 g/mol. The Morgan fingerprint density at radius 1 is 1.58 bits per heavy atom. The van der Waals surface area contributed by atoms with Crippen LogP contribution in [0.15, 0.2) is 12.3 Å². The van der Waals surface area contributed by atoms with Crippen LogP contribution < -0.4 is 0 Å². The van der Waals surface area contributed by atoms with Crippen LogP contribution in [0.2, 0.25) is 0 Å². The summed E-state index contributed by atoms with van der Waals surface area (Å²) in [6.07, 6.45) is 1.85. The number of aromatic nitrogens is 2. The number of halogens is 1. The molecule has 0 fully saturated rings. The van der Waals surface area contributed by atoms with Gasteiger partial charge in [-0.25, -0.2) is 0 Å². The molecular formula is C9H15BrN2. The molecule has 1 rings (SSSR count). The molecule has 1 aromatic heterocycles. The molecule has 1 heterocycles. The average Bonchev–Trinajstić information content (AvgIpc) is 2.36. The van der Waals surface area contributed by atoms with Gasteiger partial charge in [-0.05, 0) is 18.4 Å². The zero-order valence-corrected chi connectivity index (χ0v) is 9.43. The minimum absolute atomic E-state index is 0.275. The molecule has 0 atom stereocenters. The third-order valence-corrected chi connectivity index (χ3v) is 3.39. The number of rotatable bonds is 3. The normalized spacial score (nSPS) is 12.0. The Hall–Kier alpha value is -0.310. The summed E-state index contributed by atoms with van der Waals surface area (Å²) in [7, 11) is 0. The van der Waals surface area contributed by atoms with Gasteiger partial charge in [0.1, 0.15) is 0 Å². The van der Waals surface area contributed by atoms with Gasteiger partial charge in [0.25, 0.3) is 0 Å². The van der Waals surface area contributed by atoms with E-state index in [2.05, 4.69) is 41.8 Å². The molecule has 0 aromatic carbocycles. The second kappa shape index (κ2) is 3.60. The molecule has 0 aliphatic rings. The summed E-state index contributed by atoms with van der Waals surface area (Å²) < 4.78 is 2.04. The lowest BCUT2D eigenvalue weighted by Crippen LogP contribution is -2.22. The summed E-state index contributed by atoms with van der Waals surface area (Å²) in [5, 5.41) is 5.24. The Kier molecular flexibility index (Phi) is 2.94. The zero-order chi connectivity index (χ0) is 9.19. The minimum Gasteiger partial charge on any atom is -0.269 e. The lowest BCUT2D eigenvalue weighted by atomic mass is 9.97. The Morgan fingerprint density at radius 2 is 2.25 bits per heavy atom. The van der Waals surface area contributed by atoms with Crippen molar-refractivity contribution >= 4 is 15.9 Å². The van der Waals surface area contributed by atoms with E-state index in [1.165, 1.54) is 5.69 Å². The summed E-state index contributed by atoms with van der Waals surface area (Å²) in [5.41, 5.74) is 1.50. The predicted octanol–water partition coefficient (Wildman–Crippen LogP) is 2.61. The smallest absolute Gasteiger partial charge is 0.0492 e. The standard InChI is InChI=1S/C9H15BrN2/c1-8-4-5-11-12(8)7-9(2,3)6-10/h4-5H,6-7H2,1-3H3. The lowest BCUT2D eigenvalue weighted by molar-refractivity contribution is 0.331. The fourth-order valence-corrected chi connectivity index (χ4v) is 1.19. The van der Waals surface area contributed by atoms with E-state index in [9.17, 15) is 0 Å². The number of hydrogen-bond acceptors (Lipinski definition) is 1. The van der Waals surface area contributed by atoms with Crippen LogP contribution >= 0.6 is 15.9 Å². The Labute approximate surface area is 82.1 Å². The molecule has 0 saturated carbocycles. The van der Waals surface area contributed by atoms with Gasteiger partial charge in [0.05, 0.1) is 0 Å². The van der Waals surface area contributed by atoms with E-state index < -0.39 is 0 Å². The van der Waals surface area contributed by atoms with E-state index in [0.717, 1.165) is 11.9 Å². The van der Waals surface area contributed by atoms with Crippen molar-refractivity contribution in [2.45, 2.75) is 27.3 Å². The summed E-state index contributed by atoms with van der Waals surface area (Å²) >= 11 is 3.50. The molecule has 3 heteroatoms. The Bertz CT molecular complexity index is 253. The third-order valence-electron chi connectivity index (χ3n) is 1.87. The Balaban J connectivity index is 2.70. The number of aryl methyl sites for hydroxylation is 1. The van der Waals surface area contributed by atoms with Crippen molar-refractivity contribution in [1.82, 2.24) is 9.78 Å². The lowest BCUT2D eigenvalue weighted by Gasteiger charge is -2.22. The van der Waals surface area contributed by atoms with Gasteiger partial charge < -0.3 is 0 Å². The fourth-order valence-electron chi connectivity index (χ4n) is 1.01. The second-order valence-corrected chi connectivity index (χ2v) is 4.49. The molecule has 1 aromatic rings. The van der Waals surface area contributed by atoms with Gasteiger partial charge >= 0.3 is 0 Å². The molecule has 0 bridgehead atoms. The van der Waals surface area contributed by atoms with Crippen LogP contribution in [0.25, 0.3) is 0 Å². The topological polar surface area (TPSA) is 17.8 Å². The first kappa shape index (κ1) is 9.78. The van der Waals surface area contributed by atoms with Gasteiger partial charge in [-0.3, -0.25) is 4.68 Å². The van der Waals surface area contributed by atoms with Gasteiger partial charge in [-0.2, -0.15) is 5.10 Å². The van der Waals surface area contributed by atoms with Crippen LogP contribution in [-0.2, 0) is 6.54 Å². The SMILES string of the molecule is Cc1ccnn1CC(C)(C)CBr. The van der Waals surface area contributed by atoms with Crippen LogP contribution in [0.3, 0.4) is 0 Å². The Morgan fingerprint density at radius 3 is 2.67 bits per heavy atom. The zero-order valence-electron chi connectivity index (χ0n) is 7.84. The molecule has 0 amide bonds. The highest BCUT2D eigenvalue weighted by Gasteiger charge is 2.17. The number of alkyl halides is 1. The molecule has 0 spiro atoms. The van der Waals surface area contributed by atoms with Crippen LogP contribution in [0.4, 0.5) is 0 Å². The summed E-state index contributed by atoms with van der Waals surface area (Å²) in [5.74, 6) is 0. The van der Waals surface area contributed by atoms with Crippen molar-refractivity contribution in [2.75, 3.05) is 5.33 Å². The van der Waals surface area contributed by atoms with Crippen LogP contribution in [0.1, 0.15) is 19.5 Å². The molecular weight excluding hydrogens is 216 g/mol. The average molecular weight is 231 g/mol. The molecule has 0 radical (unpaired) electrons. The van der Waals surface area contributed by atoms with Crippen LogP contribution in [-0.4, -0.2) is 15.1 Å². The van der Waals surface area contributed by atoms with E-state index in [4.69, 9.17) is 0 Å². The maximum Gasteiger partial charge on any atom is 0.0492 e. The first-order valence-corrected chi connectivity index (χ1v) is 5.22. The molecule has 2 nitrogen and oxygen atoms in total. The molecule has 12 heavy (non-hydrogen) atoms. The number of hydrogen-bond donors (Lipinski definition) is 0. The number of nitrogens with zero attached hydrogens (tertiary/aromatic N) is 2. The van der Waals surface area contributed by atoms with Gasteiger partial charge in [-0.1, -0.05) is 29.8 Å². The van der Waals surface area contributed by atoms with Crippen molar-refractivity contribution in [1.29, 1.82) is 0 Å². The van der Waals surface area contributed by atoms with Crippen LogP contribution in [0, 0.1) is 12.3 Å². The highest BCUT2D eigenvalue weighted by Crippen LogP contribution is 2.20. The largest absolute Gasteiger partial charge is 0.269 e. The molecule has 68 valence electrons. The highest BCUT2D eigenvalue weighted by atomic mass is 79.9. The van der Waals surface area contributed by atoms with E-state index in [-0.39, 0.29) is 5.41 Å². The second-order valence-electron chi connectivity index (χ2n) is 3.93. The summed E-state index contributed by atoms with van der Waals surface area (Å²) in [6, 6.07) is 2.03. The van der Waals surface area contributed by atoms with Crippen molar-refractivity contribution in [3.05, 3.63) is 18.0 Å². The van der Waals surface area contributed by atoms with E-state index in [1.807, 2.05) is 16.9 Å². The fraction of sp³-hybridized carbons (Fsp3) is 0.667. The van der Waals surface area contributed by atoms with Gasteiger partial charge in [-0.15, -0.1) is 0 Å². The minimum atomic E-state index is 0.275. The molecule has 0 saturated heterocycles. The van der Waals surface area contributed by atoms with Gasteiger partial charge in [0.2, 0.25) is 0 Å². The maximum atomic E-state index is 4.24. The van der Waals surface area contributed by atoms with E-state index in [0.29, 0.717) is 0 Å². The summed E-state index contributed by atoms with van der Waals surface area (Å²) in [4.78, 5) is 0. The molecule has 0 aliphatic heterocycles. The first-order valence-electron chi connectivity index (χ1n) is 4.09. The van der Waals surface area contributed by atoms with Gasteiger partial charge in [0, 0.05) is 23.8 Å². The molecule has 0 N–H and O–H groups in total. The van der Waals surface area contributed by atoms with Crippen molar-refractivity contribution in [3.8, 4) is 0 Å². The third kappa shape index (κ3) is 2.34.